The van der Waals surface area contributed by atoms with Crippen LogP contribution in [0.2, 0.25) is 0 Å². The van der Waals surface area contributed by atoms with E-state index in [0.717, 1.165) is 38.5 Å². The maximum absolute atomic E-state index is 13.3. The summed E-state index contributed by atoms with van der Waals surface area (Å²) >= 11 is 1.73. The van der Waals surface area contributed by atoms with Crippen molar-refractivity contribution in [1.82, 2.24) is 0 Å². The molecule has 1 aromatic rings. The van der Waals surface area contributed by atoms with Crippen LogP contribution >= 0.6 is 11.8 Å². The molecule has 0 spiro atoms. The van der Waals surface area contributed by atoms with E-state index in [9.17, 15) is 14.4 Å². The van der Waals surface area contributed by atoms with Gasteiger partial charge in [-0.3, -0.25) is 14.4 Å². The lowest BCUT2D eigenvalue weighted by Crippen LogP contribution is -2.58. The zero-order chi connectivity index (χ0) is 25.0. The van der Waals surface area contributed by atoms with Gasteiger partial charge in [0.2, 0.25) is 0 Å². The number of thioether (sulfide) groups is 1. The minimum atomic E-state index is -1.05. The molecule has 5 heteroatoms. The molecule has 4 aliphatic carbocycles. The number of allylic oxidation sites excluding steroid dienone is 4. The Hall–Kier alpha value is -2.14. The quantitative estimate of drug-likeness (QED) is 0.343. The summed E-state index contributed by atoms with van der Waals surface area (Å²) in [5.74, 6) is 0.688. The molecule has 0 radical (unpaired) electrons. The van der Waals surface area contributed by atoms with E-state index in [0.29, 0.717) is 24.7 Å². The van der Waals surface area contributed by atoms with Crippen LogP contribution in [-0.2, 0) is 19.1 Å². The Morgan fingerprint density at radius 1 is 1.09 bits per heavy atom. The third kappa shape index (κ3) is 3.68. The van der Waals surface area contributed by atoms with Crippen LogP contribution in [0.1, 0.15) is 83.6 Å². The molecule has 5 atom stereocenters. The number of benzene rings is 1. The van der Waals surface area contributed by atoms with E-state index >= 15 is 0 Å². The van der Waals surface area contributed by atoms with Crippen molar-refractivity contribution >= 4 is 29.3 Å². The molecule has 0 bridgehead atoms. The van der Waals surface area contributed by atoms with Crippen molar-refractivity contribution in [2.45, 2.75) is 88.6 Å². The Bertz CT molecular complexity index is 1130. The Kier molecular flexibility index (Phi) is 6.36. The number of rotatable bonds is 5. The molecule has 0 N–H and O–H groups in total. The first-order chi connectivity index (χ1) is 16.8. The number of esters is 1. The smallest absolute Gasteiger partial charge is 0.303 e. The van der Waals surface area contributed by atoms with E-state index in [2.05, 4.69) is 37.4 Å². The summed E-state index contributed by atoms with van der Waals surface area (Å²) < 4.78 is 6.08. The fourth-order valence-corrected chi connectivity index (χ4v) is 8.68. The van der Waals surface area contributed by atoms with E-state index < -0.39 is 5.60 Å². The summed E-state index contributed by atoms with van der Waals surface area (Å²) in [6.07, 6.45) is 10.4. The molecule has 4 nitrogen and oxygen atoms in total. The van der Waals surface area contributed by atoms with Gasteiger partial charge in [0.1, 0.15) is 0 Å². The second-order valence-corrected chi connectivity index (χ2v) is 11.8. The van der Waals surface area contributed by atoms with Crippen LogP contribution in [0.3, 0.4) is 0 Å². The number of hydrogen-bond acceptors (Lipinski definition) is 5. The number of carbonyl (C=O) groups is 3. The lowest BCUT2D eigenvalue weighted by molar-refractivity contribution is -0.185. The number of Topliss-reactive ketones (excluding diaryl/α,β-unsaturated/α-hetero) is 1. The van der Waals surface area contributed by atoms with Crippen LogP contribution < -0.4 is 0 Å². The topological polar surface area (TPSA) is 60.4 Å². The van der Waals surface area contributed by atoms with Crippen LogP contribution in [0.15, 0.2) is 52.0 Å². The first-order valence-electron chi connectivity index (χ1n) is 13.1. The monoisotopic (exact) mass is 492 g/mol. The molecule has 0 aromatic heterocycles. The molecule has 2 saturated carbocycles. The third-order valence-corrected chi connectivity index (χ3v) is 10.3. The van der Waals surface area contributed by atoms with Gasteiger partial charge in [-0.2, -0.15) is 0 Å². The van der Waals surface area contributed by atoms with Gasteiger partial charge in [-0.1, -0.05) is 24.6 Å². The Morgan fingerprint density at radius 3 is 2.46 bits per heavy atom. The van der Waals surface area contributed by atoms with Gasteiger partial charge in [0.15, 0.2) is 17.2 Å². The fraction of sp³-hybridized carbons (Fsp3) is 0.567. The maximum atomic E-state index is 13.3. The molecular weight excluding hydrogens is 456 g/mol. The SMILES string of the molecule is CC[C@]12C[C@H](c3ccc(SC)cc3)C3=C4CCC(=O)C=C4CC[C@H]3[C@@H]1CC[C@]2(OC(C)=O)C(C)=O. The first kappa shape index (κ1) is 24.5. The normalized spacial score (nSPS) is 34.0. The lowest BCUT2D eigenvalue weighted by atomic mass is 9.49. The molecule has 1 aromatic carbocycles. The Labute approximate surface area is 213 Å². The highest BCUT2D eigenvalue weighted by atomic mass is 32.2. The number of carbonyl (C=O) groups excluding carboxylic acids is 3. The second kappa shape index (κ2) is 9.06. The van der Waals surface area contributed by atoms with E-state index in [4.69, 9.17) is 4.74 Å². The molecule has 0 aliphatic heterocycles. The summed E-state index contributed by atoms with van der Waals surface area (Å²) in [7, 11) is 0. The predicted molar refractivity (Wildman–Crippen MR) is 138 cm³/mol. The summed E-state index contributed by atoms with van der Waals surface area (Å²) in [4.78, 5) is 39.2. The standard InChI is InChI=1S/C30H36O4S/c1-5-29-17-26(20-6-10-23(35-4)11-7-20)28-24-13-9-22(33)16-21(24)8-12-25(28)27(29)14-15-30(29,18(2)31)34-19(3)32/h6-7,10-11,16,25-27H,5,8-9,12-15,17H2,1-4H3/t25-,26+,27-,29-,30-/m0/s1. The molecule has 0 heterocycles. The largest absolute Gasteiger partial charge is 0.451 e. The van der Waals surface area contributed by atoms with Crippen molar-refractivity contribution in [3.63, 3.8) is 0 Å². The average molecular weight is 493 g/mol. The summed E-state index contributed by atoms with van der Waals surface area (Å²) in [5, 5.41) is 0. The number of ketones is 2. The van der Waals surface area contributed by atoms with Crippen LogP contribution in [0.5, 0.6) is 0 Å². The van der Waals surface area contributed by atoms with Gasteiger partial charge in [-0.25, -0.2) is 0 Å². The number of hydrogen-bond donors (Lipinski definition) is 0. The van der Waals surface area contributed by atoms with Crippen molar-refractivity contribution < 1.29 is 19.1 Å². The molecule has 186 valence electrons. The fourth-order valence-electron chi connectivity index (χ4n) is 8.27. The molecular formula is C30H36O4S. The van der Waals surface area contributed by atoms with Crippen LogP contribution in [0.4, 0.5) is 0 Å². The average Bonchev–Trinajstić information content (AvgIpc) is 3.18. The van der Waals surface area contributed by atoms with Crippen molar-refractivity contribution in [3.05, 3.63) is 52.6 Å². The molecule has 4 aliphatic rings. The van der Waals surface area contributed by atoms with Crippen molar-refractivity contribution in [2.24, 2.45) is 17.3 Å². The zero-order valence-corrected chi connectivity index (χ0v) is 22.1. The highest BCUT2D eigenvalue weighted by molar-refractivity contribution is 7.98. The molecule has 0 amide bonds. The molecule has 0 unspecified atom stereocenters. The van der Waals surface area contributed by atoms with Gasteiger partial charge in [0.05, 0.1) is 0 Å². The van der Waals surface area contributed by atoms with Crippen molar-refractivity contribution in [3.8, 4) is 0 Å². The predicted octanol–water partition coefficient (Wildman–Crippen LogP) is 6.59. The highest BCUT2D eigenvalue weighted by Gasteiger charge is 2.68. The number of fused-ring (bicyclic) bond motifs is 4. The molecule has 5 rings (SSSR count). The van der Waals surface area contributed by atoms with E-state index in [1.54, 1.807) is 18.7 Å². The summed E-state index contributed by atoms with van der Waals surface area (Å²) in [6, 6.07) is 8.86. The van der Waals surface area contributed by atoms with Gasteiger partial charge in [-0.15, -0.1) is 11.8 Å². The van der Waals surface area contributed by atoms with E-state index in [1.165, 1.54) is 34.1 Å². The minimum Gasteiger partial charge on any atom is -0.451 e. The highest BCUT2D eigenvalue weighted by Crippen LogP contribution is 2.69. The van der Waals surface area contributed by atoms with E-state index in [-0.39, 0.29) is 28.9 Å². The summed E-state index contributed by atoms with van der Waals surface area (Å²) in [6.45, 7) is 5.24. The molecule has 0 saturated heterocycles. The second-order valence-electron chi connectivity index (χ2n) is 10.9. The first-order valence-corrected chi connectivity index (χ1v) is 14.3. The lowest BCUT2D eigenvalue weighted by Gasteiger charge is -2.56. The van der Waals surface area contributed by atoms with Crippen LogP contribution in [-0.4, -0.2) is 29.4 Å². The van der Waals surface area contributed by atoms with Crippen LogP contribution in [0, 0.1) is 17.3 Å². The Balaban J connectivity index is 1.72. The van der Waals surface area contributed by atoms with Gasteiger partial charge in [0.25, 0.3) is 0 Å². The number of ether oxygens (including phenoxy) is 1. The summed E-state index contributed by atoms with van der Waals surface area (Å²) in [5.41, 5.74) is 3.98. The van der Waals surface area contributed by atoms with E-state index in [1.807, 2.05) is 6.08 Å². The third-order valence-electron chi connectivity index (χ3n) is 9.60. The van der Waals surface area contributed by atoms with Gasteiger partial charge in [0, 0.05) is 29.6 Å². The maximum Gasteiger partial charge on any atom is 0.303 e. The van der Waals surface area contributed by atoms with Crippen molar-refractivity contribution in [1.29, 1.82) is 0 Å². The van der Waals surface area contributed by atoms with Crippen LogP contribution in [0.25, 0.3) is 0 Å². The van der Waals surface area contributed by atoms with Gasteiger partial charge >= 0.3 is 5.97 Å². The minimum absolute atomic E-state index is 0.00992. The van der Waals surface area contributed by atoms with Gasteiger partial charge in [-0.05, 0) is 105 Å². The Morgan fingerprint density at radius 2 is 1.83 bits per heavy atom. The zero-order valence-electron chi connectivity index (χ0n) is 21.3. The molecule has 35 heavy (non-hydrogen) atoms. The molecule has 2 fully saturated rings. The van der Waals surface area contributed by atoms with Gasteiger partial charge < -0.3 is 4.74 Å². The van der Waals surface area contributed by atoms with Crippen molar-refractivity contribution in [2.75, 3.05) is 6.26 Å².